The number of hydrogen-bond acceptors (Lipinski definition) is 2. The molecule has 0 aliphatic carbocycles. The summed E-state index contributed by atoms with van der Waals surface area (Å²) in [7, 11) is 0. The number of aryl methyl sites for hydroxylation is 1. The first-order valence-electron chi connectivity index (χ1n) is 4.52. The summed E-state index contributed by atoms with van der Waals surface area (Å²) in [5, 5.41) is 11.5. The van der Waals surface area contributed by atoms with Gasteiger partial charge in [0.1, 0.15) is 6.07 Å². The van der Waals surface area contributed by atoms with Crippen molar-refractivity contribution < 1.29 is 4.79 Å². The topological polar surface area (TPSA) is 52.9 Å². The molecular weight excluding hydrogens is 188 g/mol. The summed E-state index contributed by atoms with van der Waals surface area (Å²) >= 11 is 0. The van der Waals surface area contributed by atoms with E-state index in [0.717, 1.165) is 5.56 Å². The van der Waals surface area contributed by atoms with Crippen molar-refractivity contribution in [3.8, 4) is 6.07 Å². The minimum atomic E-state index is -0.267. The molecular formula is C12H12N2O. The average molecular weight is 200 g/mol. The molecule has 76 valence electrons. The molecule has 0 aliphatic rings. The van der Waals surface area contributed by atoms with Gasteiger partial charge in [0.2, 0.25) is 0 Å². The van der Waals surface area contributed by atoms with Crippen molar-refractivity contribution in [1.82, 2.24) is 0 Å². The molecule has 1 aromatic rings. The molecule has 0 radical (unpaired) electrons. The summed E-state index contributed by atoms with van der Waals surface area (Å²) in [6, 6.07) is 7.30. The van der Waals surface area contributed by atoms with Gasteiger partial charge < -0.3 is 5.32 Å². The van der Waals surface area contributed by atoms with Crippen LogP contribution in [0.1, 0.15) is 18.1 Å². The first kappa shape index (κ1) is 11.0. The van der Waals surface area contributed by atoms with Gasteiger partial charge in [-0.1, -0.05) is 12.6 Å². The standard InChI is InChI=1S/C12H12N2O/c1-8(2)12(15)14-11-6-9(3)4-5-10(11)7-13/h4-6H,1H2,2-3H3,(H,14,15). The summed E-state index contributed by atoms with van der Waals surface area (Å²) in [4.78, 5) is 11.4. The highest BCUT2D eigenvalue weighted by atomic mass is 16.1. The van der Waals surface area contributed by atoms with Gasteiger partial charge in [-0.2, -0.15) is 5.26 Å². The maximum atomic E-state index is 11.4. The Labute approximate surface area is 89.0 Å². The number of carbonyl (C=O) groups excluding carboxylic acids is 1. The van der Waals surface area contributed by atoms with Crippen LogP contribution in [-0.4, -0.2) is 5.91 Å². The summed E-state index contributed by atoms with van der Waals surface area (Å²) in [6.07, 6.45) is 0. The first-order chi connectivity index (χ1) is 7.04. The third-order valence-corrected chi connectivity index (χ3v) is 1.93. The van der Waals surface area contributed by atoms with E-state index in [0.29, 0.717) is 16.8 Å². The number of hydrogen-bond donors (Lipinski definition) is 1. The lowest BCUT2D eigenvalue weighted by Crippen LogP contribution is -2.12. The van der Waals surface area contributed by atoms with Gasteiger partial charge in [0.15, 0.2) is 0 Å². The van der Waals surface area contributed by atoms with Crippen LogP contribution in [0.2, 0.25) is 0 Å². The molecule has 1 N–H and O–H groups in total. The monoisotopic (exact) mass is 200 g/mol. The molecule has 0 aromatic heterocycles. The van der Waals surface area contributed by atoms with Gasteiger partial charge in [0, 0.05) is 5.57 Å². The molecule has 1 aromatic carbocycles. The number of anilines is 1. The highest BCUT2D eigenvalue weighted by Crippen LogP contribution is 2.17. The molecule has 0 unspecified atom stereocenters. The first-order valence-corrected chi connectivity index (χ1v) is 4.52. The van der Waals surface area contributed by atoms with Crippen molar-refractivity contribution in [3.63, 3.8) is 0 Å². The van der Waals surface area contributed by atoms with Crippen molar-refractivity contribution in [2.75, 3.05) is 5.32 Å². The smallest absolute Gasteiger partial charge is 0.250 e. The summed E-state index contributed by atoms with van der Waals surface area (Å²) in [5.41, 5.74) is 2.40. The molecule has 0 saturated heterocycles. The Balaban J connectivity index is 3.04. The van der Waals surface area contributed by atoms with Crippen LogP contribution in [0.15, 0.2) is 30.4 Å². The molecule has 0 saturated carbocycles. The molecule has 1 amide bonds. The van der Waals surface area contributed by atoms with Gasteiger partial charge in [-0.25, -0.2) is 0 Å². The fourth-order valence-electron chi connectivity index (χ4n) is 1.09. The third-order valence-electron chi connectivity index (χ3n) is 1.93. The molecule has 0 bridgehead atoms. The second-order valence-electron chi connectivity index (χ2n) is 3.40. The summed E-state index contributed by atoms with van der Waals surface area (Å²) in [6.45, 7) is 7.06. The predicted octanol–water partition coefficient (Wildman–Crippen LogP) is 2.38. The molecule has 0 spiro atoms. The number of nitrogens with one attached hydrogen (secondary N) is 1. The van der Waals surface area contributed by atoms with E-state index in [9.17, 15) is 4.79 Å². The number of carbonyl (C=O) groups is 1. The highest BCUT2D eigenvalue weighted by Gasteiger charge is 2.06. The molecule has 3 nitrogen and oxygen atoms in total. The number of benzene rings is 1. The van der Waals surface area contributed by atoms with Crippen molar-refractivity contribution >= 4 is 11.6 Å². The molecule has 15 heavy (non-hydrogen) atoms. The normalized spacial score (nSPS) is 9.13. The van der Waals surface area contributed by atoms with Crippen LogP contribution in [0.25, 0.3) is 0 Å². The maximum Gasteiger partial charge on any atom is 0.250 e. The van der Waals surface area contributed by atoms with E-state index in [1.807, 2.05) is 19.1 Å². The van der Waals surface area contributed by atoms with Gasteiger partial charge in [-0.15, -0.1) is 0 Å². The fourth-order valence-corrected chi connectivity index (χ4v) is 1.09. The maximum absolute atomic E-state index is 11.4. The van der Waals surface area contributed by atoms with E-state index < -0.39 is 0 Å². The van der Waals surface area contributed by atoms with E-state index >= 15 is 0 Å². The molecule has 0 atom stereocenters. The van der Waals surface area contributed by atoms with Gasteiger partial charge in [0.05, 0.1) is 11.3 Å². The Morgan fingerprint density at radius 1 is 1.53 bits per heavy atom. The van der Waals surface area contributed by atoms with Gasteiger partial charge in [0.25, 0.3) is 5.91 Å². The van der Waals surface area contributed by atoms with Crippen LogP contribution in [0.3, 0.4) is 0 Å². The number of nitriles is 1. The molecule has 0 fully saturated rings. The highest BCUT2D eigenvalue weighted by molar-refractivity contribution is 6.03. The van der Waals surface area contributed by atoms with Crippen LogP contribution in [0.5, 0.6) is 0 Å². The Morgan fingerprint density at radius 2 is 2.20 bits per heavy atom. The van der Waals surface area contributed by atoms with E-state index in [4.69, 9.17) is 5.26 Å². The Kier molecular flexibility index (Phi) is 3.25. The zero-order valence-corrected chi connectivity index (χ0v) is 8.79. The van der Waals surface area contributed by atoms with Crippen LogP contribution < -0.4 is 5.32 Å². The Hall–Kier alpha value is -2.08. The lowest BCUT2D eigenvalue weighted by molar-refractivity contribution is -0.112. The SMILES string of the molecule is C=C(C)C(=O)Nc1cc(C)ccc1C#N. The summed E-state index contributed by atoms with van der Waals surface area (Å²) < 4.78 is 0. The van der Waals surface area contributed by atoms with Gasteiger partial charge in [-0.3, -0.25) is 4.79 Å². The minimum absolute atomic E-state index is 0.267. The lowest BCUT2D eigenvalue weighted by Gasteiger charge is -2.07. The Bertz CT molecular complexity index is 455. The summed E-state index contributed by atoms with van der Waals surface area (Å²) in [5.74, 6) is -0.267. The molecule has 1 rings (SSSR count). The zero-order valence-electron chi connectivity index (χ0n) is 8.79. The molecule has 0 heterocycles. The van der Waals surface area contributed by atoms with Crippen LogP contribution in [0.4, 0.5) is 5.69 Å². The van der Waals surface area contributed by atoms with Gasteiger partial charge >= 0.3 is 0 Å². The van der Waals surface area contributed by atoms with Crippen LogP contribution in [0, 0.1) is 18.3 Å². The molecule has 0 aliphatic heterocycles. The van der Waals surface area contributed by atoms with Crippen LogP contribution in [-0.2, 0) is 4.79 Å². The van der Waals surface area contributed by atoms with Crippen molar-refractivity contribution in [2.24, 2.45) is 0 Å². The predicted molar refractivity (Wildman–Crippen MR) is 59.3 cm³/mol. The van der Waals surface area contributed by atoms with Crippen molar-refractivity contribution in [2.45, 2.75) is 13.8 Å². The number of nitrogens with zero attached hydrogens (tertiary/aromatic N) is 1. The lowest BCUT2D eigenvalue weighted by atomic mass is 10.1. The largest absolute Gasteiger partial charge is 0.321 e. The van der Waals surface area contributed by atoms with Crippen molar-refractivity contribution in [1.29, 1.82) is 5.26 Å². The fraction of sp³-hybridized carbons (Fsp3) is 0.167. The van der Waals surface area contributed by atoms with E-state index in [-0.39, 0.29) is 5.91 Å². The second-order valence-corrected chi connectivity index (χ2v) is 3.40. The van der Waals surface area contributed by atoms with E-state index in [1.54, 1.807) is 19.1 Å². The Morgan fingerprint density at radius 3 is 2.73 bits per heavy atom. The quantitative estimate of drug-likeness (QED) is 0.745. The number of amides is 1. The minimum Gasteiger partial charge on any atom is -0.321 e. The van der Waals surface area contributed by atoms with E-state index in [2.05, 4.69) is 11.9 Å². The number of rotatable bonds is 2. The third kappa shape index (κ3) is 2.68. The average Bonchev–Trinajstić information content (AvgIpc) is 2.18. The zero-order chi connectivity index (χ0) is 11.4. The molecule has 3 heteroatoms. The van der Waals surface area contributed by atoms with E-state index in [1.165, 1.54) is 0 Å². The van der Waals surface area contributed by atoms with Crippen molar-refractivity contribution in [3.05, 3.63) is 41.5 Å². The van der Waals surface area contributed by atoms with Gasteiger partial charge in [-0.05, 0) is 31.5 Å². The van der Waals surface area contributed by atoms with Crippen LogP contribution >= 0.6 is 0 Å². The second kappa shape index (κ2) is 4.43.